The summed E-state index contributed by atoms with van der Waals surface area (Å²) in [6.45, 7) is 7.09. The maximum atomic E-state index is 13.7. The molecule has 0 bridgehead atoms. The number of nitrogens with one attached hydrogen (secondary N) is 1. The fourth-order valence-corrected chi connectivity index (χ4v) is 7.70. The van der Waals surface area contributed by atoms with Gasteiger partial charge in [-0.2, -0.15) is 5.10 Å². The zero-order valence-corrected chi connectivity index (χ0v) is 26.8. The molecular weight excluding hydrogens is 600 g/mol. The zero-order valence-electron chi connectivity index (χ0n) is 25.1. The molecular formula is C32H35FN6O3S2. The predicted molar refractivity (Wildman–Crippen MR) is 168 cm³/mol. The highest BCUT2D eigenvalue weighted by Crippen LogP contribution is 2.49. The molecule has 9 nitrogen and oxygen atoms in total. The number of carbonyl (C=O) groups excluding carboxylic acids is 1. The van der Waals surface area contributed by atoms with Crippen LogP contribution in [0, 0.1) is 17.7 Å². The summed E-state index contributed by atoms with van der Waals surface area (Å²) >= 11 is 0.233. The molecule has 1 unspecified atom stereocenters. The van der Waals surface area contributed by atoms with Crippen molar-refractivity contribution >= 4 is 28.6 Å². The molecule has 230 valence electrons. The highest BCUT2D eigenvalue weighted by atomic mass is 32.2. The predicted octanol–water partition coefficient (Wildman–Crippen LogP) is 5.33. The zero-order chi connectivity index (χ0) is 30.8. The van der Waals surface area contributed by atoms with Gasteiger partial charge in [0.2, 0.25) is 5.88 Å². The van der Waals surface area contributed by atoms with Crippen molar-refractivity contribution in [3.63, 3.8) is 0 Å². The van der Waals surface area contributed by atoms with Gasteiger partial charge in [-0.15, -0.1) is 16.1 Å². The topological polar surface area (TPSA) is 108 Å². The van der Waals surface area contributed by atoms with Gasteiger partial charge in [-0.25, -0.2) is 14.4 Å². The Kier molecular flexibility index (Phi) is 7.31. The molecule has 12 heteroatoms. The number of amides is 1. The molecule has 4 aromatic rings. The van der Waals surface area contributed by atoms with Crippen LogP contribution in [0.4, 0.5) is 4.39 Å². The minimum atomic E-state index is -1.26. The number of hydrogen-bond donors (Lipinski definition) is 1. The first-order chi connectivity index (χ1) is 21.0. The molecule has 0 spiro atoms. The van der Waals surface area contributed by atoms with E-state index >= 15 is 0 Å². The molecule has 3 aliphatic rings. The van der Waals surface area contributed by atoms with Gasteiger partial charge >= 0.3 is 0 Å². The van der Waals surface area contributed by atoms with E-state index in [0.717, 1.165) is 36.1 Å². The van der Waals surface area contributed by atoms with E-state index in [4.69, 9.17) is 9.72 Å². The summed E-state index contributed by atoms with van der Waals surface area (Å²) < 4.78 is 38.1. The van der Waals surface area contributed by atoms with Crippen molar-refractivity contribution < 1.29 is 18.5 Å². The van der Waals surface area contributed by atoms with Crippen LogP contribution < -0.4 is 9.46 Å². The number of nitrogens with zero attached hydrogens (tertiary/aromatic N) is 5. The number of likely N-dealkylation sites (tertiary alicyclic amines) is 1. The van der Waals surface area contributed by atoms with Crippen LogP contribution >= 0.6 is 11.3 Å². The third-order valence-electron chi connectivity index (χ3n) is 9.00. The van der Waals surface area contributed by atoms with E-state index in [1.807, 2.05) is 43.2 Å². The Hall–Kier alpha value is -3.32. The molecule has 7 rings (SSSR count). The van der Waals surface area contributed by atoms with E-state index < -0.39 is 21.6 Å². The molecule has 1 saturated heterocycles. The van der Waals surface area contributed by atoms with E-state index in [2.05, 4.69) is 14.8 Å². The van der Waals surface area contributed by atoms with Crippen molar-refractivity contribution in [2.45, 2.75) is 56.4 Å². The lowest BCUT2D eigenvalue weighted by molar-refractivity contribution is 0.0740. The number of fused-ring (bicyclic) bond motifs is 1. The molecule has 1 N–H and O–H groups in total. The number of benzene rings is 1. The van der Waals surface area contributed by atoms with Gasteiger partial charge in [0.25, 0.3) is 5.91 Å². The van der Waals surface area contributed by atoms with Crippen LogP contribution in [0.1, 0.15) is 56.1 Å². The number of halogens is 1. The molecule has 0 radical (unpaired) electrons. The minimum absolute atomic E-state index is 0.0454. The number of piperidine rings is 1. The van der Waals surface area contributed by atoms with Crippen molar-refractivity contribution in [2.75, 3.05) is 13.1 Å². The Labute approximate surface area is 263 Å². The van der Waals surface area contributed by atoms with Crippen LogP contribution in [-0.4, -0.2) is 59.0 Å². The molecule has 44 heavy (non-hydrogen) atoms. The van der Waals surface area contributed by atoms with Gasteiger partial charge in [-0.05, 0) is 82.0 Å². The van der Waals surface area contributed by atoms with Gasteiger partial charge in [0.15, 0.2) is 0 Å². The summed E-state index contributed by atoms with van der Waals surface area (Å²) in [5.41, 5.74) is 5.74. The third kappa shape index (κ3) is 5.42. The van der Waals surface area contributed by atoms with Crippen molar-refractivity contribution in [3.05, 3.63) is 70.4 Å². The second kappa shape index (κ2) is 10.9. The second-order valence-corrected chi connectivity index (χ2v) is 15.7. The fourth-order valence-electron chi connectivity index (χ4n) is 6.17. The van der Waals surface area contributed by atoms with Crippen molar-refractivity contribution in [1.82, 2.24) is 29.4 Å². The summed E-state index contributed by atoms with van der Waals surface area (Å²) in [6.07, 6.45) is 2.68. The van der Waals surface area contributed by atoms with E-state index in [1.165, 1.54) is 23.5 Å². The Morgan fingerprint density at radius 3 is 2.45 bits per heavy atom. The van der Waals surface area contributed by atoms with Crippen molar-refractivity contribution in [1.29, 1.82) is 0 Å². The lowest BCUT2D eigenvalue weighted by Crippen LogP contribution is -2.55. The van der Waals surface area contributed by atoms with E-state index in [0.29, 0.717) is 36.1 Å². The van der Waals surface area contributed by atoms with Gasteiger partial charge in [-0.1, -0.05) is 0 Å². The first kappa shape index (κ1) is 29.4. The maximum Gasteiger partial charge on any atom is 0.272 e. The van der Waals surface area contributed by atoms with E-state index in [-0.39, 0.29) is 29.7 Å². The van der Waals surface area contributed by atoms with E-state index in [1.54, 1.807) is 35.4 Å². The van der Waals surface area contributed by atoms with E-state index in [9.17, 15) is 13.7 Å². The van der Waals surface area contributed by atoms with Crippen LogP contribution in [0.25, 0.3) is 22.6 Å². The monoisotopic (exact) mass is 634 g/mol. The van der Waals surface area contributed by atoms with Gasteiger partial charge in [0.1, 0.15) is 33.7 Å². The summed E-state index contributed by atoms with van der Waals surface area (Å²) in [5, 5.41) is 6.41. The lowest BCUT2D eigenvalue weighted by atomic mass is 9.72. The first-order valence-electron chi connectivity index (χ1n) is 14.9. The Morgan fingerprint density at radius 2 is 1.84 bits per heavy atom. The molecule has 4 atom stereocenters. The molecule has 2 saturated carbocycles. The van der Waals surface area contributed by atoms with Crippen LogP contribution in [0.3, 0.4) is 0 Å². The Balaban J connectivity index is 1.10. The highest BCUT2D eigenvalue weighted by Gasteiger charge is 2.59. The van der Waals surface area contributed by atoms with Crippen LogP contribution in [0.2, 0.25) is 0 Å². The normalized spacial score (nSPS) is 22.8. The summed E-state index contributed by atoms with van der Waals surface area (Å²) in [7, 11) is 1.78. The Bertz CT molecular complexity index is 1670. The SMILES string of the molecule is Cn1nc(-c2cscn2)cc1C(=O)N1C[C@@H]2[C@H](C1)[C@@H]2Oc1cc(C2(N[S+]([O-])C(C)(C)C)CCC2)cc(-c2ccc(F)cc2)n1. The number of aryl methyl sites for hydroxylation is 1. The highest BCUT2D eigenvalue weighted by molar-refractivity contribution is 7.90. The largest absolute Gasteiger partial charge is 0.598 e. The molecule has 3 aromatic heterocycles. The molecule has 2 aliphatic carbocycles. The van der Waals surface area contributed by atoms with Crippen molar-refractivity contribution in [3.8, 4) is 28.5 Å². The number of hydrogen-bond acceptors (Lipinski definition) is 8. The minimum Gasteiger partial charge on any atom is -0.598 e. The molecule has 3 fully saturated rings. The van der Waals surface area contributed by atoms with Crippen molar-refractivity contribution in [2.24, 2.45) is 18.9 Å². The number of rotatable bonds is 8. The van der Waals surface area contributed by atoms with Crippen LogP contribution in [0.15, 0.2) is 53.4 Å². The number of thiazole rings is 1. The van der Waals surface area contributed by atoms with Gasteiger partial charge in [0.05, 0.1) is 16.7 Å². The third-order valence-corrected chi connectivity index (χ3v) is 11.3. The standard InChI is InChI=1S/C32H35FN6O3S2/c1-31(2,3)44(41)37-32(10-5-11-32)20-12-24(19-6-8-21(33)9-7-19)35-28(13-20)42-29-22-15-39(16-23(22)29)30(40)27-14-25(36-38(27)4)26-17-43-18-34-26/h6-9,12-14,17-18,22-23,29,37H,5,10-11,15-16H2,1-4H3/t22-,23+,29-,44?. The molecule has 1 aromatic carbocycles. The summed E-state index contributed by atoms with van der Waals surface area (Å²) in [5.74, 6) is 0.571. The lowest BCUT2D eigenvalue weighted by Gasteiger charge is -2.44. The van der Waals surface area contributed by atoms with Gasteiger partial charge in [0, 0.05) is 60.3 Å². The maximum absolute atomic E-state index is 13.7. The molecule has 1 aliphatic heterocycles. The number of aromatic nitrogens is 4. The number of ether oxygens (including phenoxy) is 1. The molecule has 1 amide bonds. The quantitative estimate of drug-likeness (QED) is 0.261. The van der Waals surface area contributed by atoms with Crippen LogP contribution in [-0.2, 0) is 23.9 Å². The molecule has 4 heterocycles. The number of pyridine rings is 1. The smallest absolute Gasteiger partial charge is 0.272 e. The average Bonchev–Trinajstić information content (AvgIpc) is 3.47. The number of carbonyl (C=O) groups is 1. The average molecular weight is 635 g/mol. The fraction of sp³-hybridized carbons (Fsp3) is 0.438. The van der Waals surface area contributed by atoms with Gasteiger partial charge < -0.3 is 14.2 Å². The van der Waals surface area contributed by atoms with Gasteiger partial charge in [-0.3, -0.25) is 9.48 Å². The second-order valence-electron chi connectivity index (χ2n) is 13.0. The van der Waals surface area contributed by atoms with Crippen LogP contribution in [0.5, 0.6) is 5.88 Å². The summed E-state index contributed by atoms with van der Waals surface area (Å²) in [4.78, 5) is 24.4. The first-order valence-corrected chi connectivity index (χ1v) is 17.0. The Morgan fingerprint density at radius 1 is 1.11 bits per heavy atom. The summed E-state index contributed by atoms with van der Waals surface area (Å²) in [6, 6.07) is 12.1.